The number of piperidine rings is 1. The van der Waals surface area contributed by atoms with E-state index in [1.54, 1.807) is 18.2 Å². The summed E-state index contributed by atoms with van der Waals surface area (Å²) in [6.07, 6.45) is 0.239. The summed E-state index contributed by atoms with van der Waals surface area (Å²) in [5, 5.41) is 5.47. The number of benzene rings is 2. The van der Waals surface area contributed by atoms with Crippen molar-refractivity contribution in [2.45, 2.75) is 38.4 Å². The van der Waals surface area contributed by atoms with Crippen LogP contribution in [-0.2, 0) is 16.1 Å². The van der Waals surface area contributed by atoms with Crippen molar-refractivity contribution in [1.29, 1.82) is 0 Å². The van der Waals surface area contributed by atoms with Crippen LogP contribution in [0.3, 0.4) is 0 Å². The van der Waals surface area contributed by atoms with Crippen molar-refractivity contribution in [2.75, 3.05) is 5.32 Å². The lowest BCUT2D eigenvalue weighted by Crippen LogP contribution is -2.54. The molecule has 0 saturated carbocycles. The fourth-order valence-corrected chi connectivity index (χ4v) is 3.74. The molecule has 0 bridgehead atoms. The minimum Gasteiger partial charge on any atom is -0.381 e. The molecular weight excluding hydrogens is 384 g/mol. The van der Waals surface area contributed by atoms with Crippen molar-refractivity contribution in [3.63, 3.8) is 0 Å². The Bertz CT molecular complexity index is 1050. The smallest absolute Gasteiger partial charge is 0.262 e. The van der Waals surface area contributed by atoms with Crippen molar-refractivity contribution in [3.8, 4) is 0 Å². The summed E-state index contributed by atoms with van der Waals surface area (Å²) < 4.78 is 0. The first kappa shape index (κ1) is 19.8. The van der Waals surface area contributed by atoms with Crippen LogP contribution in [0, 0.1) is 0 Å². The van der Waals surface area contributed by atoms with Crippen molar-refractivity contribution in [3.05, 3.63) is 64.7 Å². The number of nitrogens with two attached hydrogens (primary N) is 1. The van der Waals surface area contributed by atoms with E-state index in [1.165, 1.54) is 0 Å². The number of imide groups is 2. The molecule has 0 radical (unpaired) electrons. The van der Waals surface area contributed by atoms with Crippen molar-refractivity contribution >= 4 is 29.3 Å². The zero-order valence-electron chi connectivity index (χ0n) is 16.5. The van der Waals surface area contributed by atoms with Gasteiger partial charge in [-0.25, -0.2) is 0 Å². The van der Waals surface area contributed by atoms with Gasteiger partial charge in [0.15, 0.2) is 0 Å². The lowest BCUT2D eigenvalue weighted by atomic mass is 10.0. The van der Waals surface area contributed by atoms with Gasteiger partial charge in [0.25, 0.3) is 11.8 Å². The molecule has 2 aromatic rings. The maximum absolute atomic E-state index is 12.9. The minimum atomic E-state index is -0.958. The number of nitrogens with zero attached hydrogens (tertiary/aromatic N) is 1. The number of fused-ring (bicyclic) bond motifs is 1. The molecule has 2 aromatic carbocycles. The SMILES string of the molecule is CC(N)c1ccc(NCc2ccc3c(c2)C(=O)N(C2CCC(=O)NC2=O)C3=O)cc1. The molecule has 1 saturated heterocycles. The number of carbonyl (C=O) groups excluding carboxylic acids is 4. The molecule has 0 aromatic heterocycles. The monoisotopic (exact) mass is 406 g/mol. The number of rotatable bonds is 5. The average Bonchev–Trinajstić information content (AvgIpc) is 2.97. The van der Waals surface area contributed by atoms with Gasteiger partial charge in [-0.3, -0.25) is 29.4 Å². The van der Waals surface area contributed by atoms with Gasteiger partial charge in [-0.05, 0) is 48.7 Å². The Morgan fingerprint density at radius 1 is 1.07 bits per heavy atom. The van der Waals surface area contributed by atoms with Crippen molar-refractivity contribution in [1.82, 2.24) is 10.2 Å². The van der Waals surface area contributed by atoms with E-state index in [-0.39, 0.29) is 30.0 Å². The van der Waals surface area contributed by atoms with Gasteiger partial charge < -0.3 is 11.1 Å². The van der Waals surface area contributed by atoms with Gasteiger partial charge in [0.05, 0.1) is 11.1 Å². The van der Waals surface area contributed by atoms with Crippen LogP contribution >= 0.6 is 0 Å². The Hall–Kier alpha value is -3.52. The van der Waals surface area contributed by atoms with E-state index in [4.69, 9.17) is 5.73 Å². The highest BCUT2D eigenvalue weighted by Crippen LogP contribution is 2.28. The number of nitrogens with one attached hydrogen (secondary N) is 2. The predicted molar refractivity (Wildman–Crippen MR) is 109 cm³/mol. The highest BCUT2D eigenvalue weighted by Gasteiger charge is 2.44. The first-order valence-corrected chi connectivity index (χ1v) is 9.79. The number of anilines is 1. The normalized spacial score (nSPS) is 19.5. The zero-order chi connectivity index (χ0) is 21.4. The average molecular weight is 406 g/mol. The summed E-state index contributed by atoms with van der Waals surface area (Å²) in [6, 6.07) is 11.8. The van der Waals surface area contributed by atoms with Crippen LogP contribution in [-0.4, -0.2) is 34.6 Å². The van der Waals surface area contributed by atoms with E-state index in [0.717, 1.165) is 21.7 Å². The molecule has 8 heteroatoms. The highest BCUT2D eigenvalue weighted by molar-refractivity contribution is 6.23. The van der Waals surface area contributed by atoms with Gasteiger partial charge in [-0.2, -0.15) is 0 Å². The van der Waals surface area contributed by atoms with E-state index in [0.29, 0.717) is 6.54 Å². The Morgan fingerprint density at radius 3 is 2.43 bits per heavy atom. The van der Waals surface area contributed by atoms with E-state index < -0.39 is 29.7 Å². The Morgan fingerprint density at radius 2 is 1.77 bits per heavy atom. The lowest BCUT2D eigenvalue weighted by molar-refractivity contribution is -0.136. The minimum absolute atomic E-state index is 0.0355. The molecule has 0 spiro atoms. The van der Waals surface area contributed by atoms with Crippen LogP contribution < -0.4 is 16.4 Å². The molecule has 4 rings (SSSR count). The predicted octanol–water partition coefficient (Wildman–Crippen LogP) is 1.72. The van der Waals surface area contributed by atoms with Gasteiger partial charge in [0.2, 0.25) is 11.8 Å². The summed E-state index contributed by atoms with van der Waals surface area (Å²) in [7, 11) is 0. The summed E-state index contributed by atoms with van der Waals surface area (Å²) in [4.78, 5) is 50.1. The van der Waals surface area contributed by atoms with Gasteiger partial charge in [0.1, 0.15) is 6.04 Å². The molecule has 1 fully saturated rings. The summed E-state index contributed by atoms with van der Waals surface area (Å²) in [6.45, 7) is 2.38. The number of hydrogen-bond donors (Lipinski definition) is 3. The molecule has 154 valence electrons. The van der Waals surface area contributed by atoms with Crippen LogP contribution in [0.2, 0.25) is 0 Å². The van der Waals surface area contributed by atoms with Gasteiger partial charge in [-0.1, -0.05) is 18.2 Å². The second-order valence-corrected chi connectivity index (χ2v) is 7.59. The Balaban J connectivity index is 1.49. The third kappa shape index (κ3) is 3.57. The van der Waals surface area contributed by atoms with Crippen LogP contribution in [0.1, 0.15) is 57.7 Å². The van der Waals surface area contributed by atoms with Gasteiger partial charge >= 0.3 is 0 Å². The maximum Gasteiger partial charge on any atom is 0.262 e. The van der Waals surface area contributed by atoms with Crippen LogP contribution in [0.4, 0.5) is 5.69 Å². The molecule has 2 unspecified atom stereocenters. The second kappa shape index (κ2) is 7.72. The summed E-state index contributed by atoms with van der Waals surface area (Å²) in [5.41, 5.74) is 9.18. The quantitative estimate of drug-likeness (QED) is 0.650. The van der Waals surface area contributed by atoms with E-state index in [2.05, 4.69) is 10.6 Å². The molecular formula is C22H22N4O4. The molecule has 2 atom stereocenters. The molecule has 2 aliphatic heterocycles. The number of amides is 4. The molecule has 2 aliphatic rings. The largest absolute Gasteiger partial charge is 0.381 e. The molecule has 8 nitrogen and oxygen atoms in total. The summed E-state index contributed by atoms with van der Waals surface area (Å²) >= 11 is 0. The fraction of sp³-hybridized carbons (Fsp3) is 0.273. The van der Waals surface area contributed by atoms with Crippen LogP contribution in [0.5, 0.6) is 0 Å². The van der Waals surface area contributed by atoms with E-state index >= 15 is 0 Å². The van der Waals surface area contributed by atoms with E-state index in [9.17, 15) is 19.2 Å². The van der Waals surface area contributed by atoms with Crippen LogP contribution in [0.25, 0.3) is 0 Å². The lowest BCUT2D eigenvalue weighted by Gasteiger charge is -2.27. The highest BCUT2D eigenvalue weighted by atomic mass is 16.2. The molecule has 30 heavy (non-hydrogen) atoms. The number of hydrogen-bond acceptors (Lipinski definition) is 6. The number of carbonyl (C=O) groups is 4. The molecule has 4 N–H and O–H groups in total. The van der Waals surface area contributed by atoms with Gasteiger partial charge in [-0.15, -0.1) is 0 Å². The Labute approximate surface area is 173 Å². The zero-order valence-corrected chi connectivity index (χ0v) is 16.5. The first-order valence-electron chi connectivity index (χ1n) is 9.79. The third-order valence-corrected chi connectivity index (χ3v) is 5.44. The maximum atomic E-state index is 12.9. The molecule has 4 amide bonds. The van der Waals surface area contributed by atoms with Crippen molar-refractivity contribution < 1.29 is 19.2 Å². The second-order valence-electron chi connectivity index (χ2n) is 7.59. The molecule has 2 heterocycles. The fourth-order valence-electron chi connectivity index (χ4n) is 3.74. The van der Waals surface area contributed by atoms with Crippen LogP contribution in [0.15, 0.2) is 42.5 Å². The summed E-state index contributed by atoms with van der Waals surface area (Å²) in [5.74, 6) is -2.02. The third-order valence-electron chi connectivity index (χ3n) is 5.44. The standard InChI is InChI=1S/C22H22N4O4/c1-12(23)14-3-5-15(6-4-14)24-11-13-2-7-16-17(10-13)22(30)26(21(16)29)18-8-9-19(27)25-20(18)28/h2-7,10,12,18,24H,8-9,11,23H2,1H3,(H,25,27,28). The van der Waals surface area contributed by atoms with Crippen molar-refractivity contribution in [2.24, 2.45) is 5.73 Å². The van der Waals surface area contributed by atoms with Gasteiger partial charge in [0, 0.05) is 24.7 Å². The first-order chi connectivity index (χ1) is 14.3. The topological polar surface area (TPSA) is 122 Å². The Kier molecular flexibility index (Phi) is 5.09. The molecule has 0 aliphatic carbocycles. The van der Waals surface area contributed by atoms with E-state index in [1.807, 2.05) is 31.2 Å².